The molecular weight excluding hydrogens is 334 g/mol. The van der Waals surface area contributed by atoms with Crippen molar-refractivity contribution in [1.82, 2.24) is 0 Å². The molecule has 2 aromatic carbocycles. The van der Waals surface area contributed by atoms with E-state index in [-0.39, 0.29) is 5.91 Å². The number of hydrogen-bond acceptors (Lipinski definition) is 4. The fraction of sp³-hybridized carbons (Fsp3) is 0.300. The number of hydrogen-bond donors (Lipinski definition) is 1. The molecule has 0 bridgehead atoms. The molecule has 2 aromatic rings. The molecule has 0 aromatic heterocycles. The van der Waals surface area contributed by atoms with Crippen LogP contribution in [0.4, 0.5) is 5.69 Å². The Morgan fingerprint density at radius 3 is 2.04 bits per heavy atom. The smallest absolute Gasteiger partial charge is 0.341 e. The van der Waals surface area contributed by atoms with E-state index in [4.69, 9.17) is 14.6 Å². The summed E-state index contributed by atoms with van der Waals surface area (Å²) in [4.78, 5) is 24.6. The molecule has 6 nitrogen and oxygen atoms in total. The number of benzene rings is 2. The van der Waals surface area contributed by atoms with Crippen LogP contribution in [0, 0.1) is 5.92 Å². The second-order valence-corrected chi connectivity index (χ2v) is 6.27. The van der Waals surface area contributed by atoms with Crippen LogP contribution in [0.5, 0.6) is 11.5 Å². The molecular formula is C20H23NO5. The first-order chi connectivity index (χ1) is 12.4. The van der Waals surface area contributed by atoms with Crippen molar-refractivity contribution in [3.05, 3.63) is 54.1 Å². The molecule has 0 radical (unpaired) electrons. The number of amides is 1. The minimum absolute atomic E-state index is 0.153. The lowest BCUT2D eigenvalue weighted by Gasteiger charge is -2.18. The van der Waals surface area contributed by atoms with Crippen molar-refractivity contribution < 1.29 is 24.2 Å². The topological polar surface area (TPSA) is 76.1 Å². The number of anilines is 1. The first-order valence-corrected chi connectivity index (χ1v) is 8.32. The maximum atomic E-state index is 12.6. The van der Waals surface area contributed by atoms with E-state index in [2.05, 4.69) is 13.8 Å². The Hall–Kier alpha value is -3.02. The van der Waals surface area contributed by atoms with Crippen LogP contribution >= 0.6 is 0 Å². The van der Waals surface area contributed by atoms with Gasteiger partial charge in [0.25, 0.3) is 5.91 Å². The Morgan fingerprint density at radius 1 is 0.962 bits per heavy atom. The molecule has 0 aliphatic rings. The first kappa shape index (κ1) is 19.3. The third kappa shape index (κ3) is 5.51. The number of carbonyl (C=O) groups is 2. The normalized spacial score (nSPS) is 10.5. The van der Waals surface area contributed by atoms with Crippen LogP contribution in [0.2, 0.25) is 0 Å². The van der Waals surface area contributed by atoms with E-state index in [9.17, 15) is 9.59 Å². The molecule has 138 valence electrons. The summed E-state index contributed by atoms with van der Waals surface area (Å²) in [6.45, 7) is 4.37. The third-order valence-electron chi connectivity index (χ3n) is 3.58. The maximum Gasteiger partial charge on any atom is 0.341 e. The van der Waals surface area contributed by atoms with Gasteiger partial charge in [0.1, 0.15) is 11.5 Å². The summed E-state index contributed by atoms with van der Waals surface area (Å²) in [7, 11) is 1.68. The van der Waals surface area contributed by atoms with Gasteiger partial charge in [-0.3, -0.25) is 4.79 Å². The summed E-state index contributed by atoms with van der Waals surface area (Å²) in [6, 6.07) is 13.7. The van der Waals surface area contributed by atoms with Gasteiger partial charge in [0.15, 0.2) is 6.61 Å². The lowest BCUT2D eigenvalue weighted by molar-refractivity contribution is -0.139. The van der Waals surface area contributed by atoms with Gasteiger partial charge < -0.3 is 19.5 Å². The third-order valence-corrected chi connectivity index (χ3v) is 3.58. The summed E-state index contributed by atoms with van der Waals surface area (Å²) >= 11 is 0. The van der Waals surface area contributed by atoms with Crippen LogP contribution in [-0.4, -0.2) is 37.2 Å². The van der Waals surface area contributed by atoms with Crippen molar-refractivity contribution in [2.75, 3.05) is 25.2 Å². The first-order valence-electron chi connectivity index (χ1n) is 8.32. The second-order valence-electron chi connectivity index (χ2n) is 6.27. The summed E-state index contributed by atoms with van der Waals surface area (Å²) < 4.78 is 10.7. The van der Waals surface area contributed by atoms with Crippen molar-refractivity contribution in [3.8, 4) is 11.5 Å². The van der Waals surface area contributed by atoms with Gasteiger partial charge >= 0.3 is 5.97 Å². The molecule has 0 atom stereocenters. The Bertz CT molecular complexity index is 738. The maximum absolute atomic E-state index is 12.6. The SMILES string of the molecule is CC(C)COc1ccc(C(=O)N(C)c2ccc(OCC(=O)O)cc2)cc1. The zero-order valence-corrected chi connectivity index (χ0v) is 15.1. The Balaban J connectivity index is 2.01. The van der Waals surface area contributed by atoms with Gasteiger partial charge in [-0.1, -0.05) is 13.8 Å². The predicted molar refractivity (Wildman–Crippen MR) is 99.1 cm³/mol. The highest BCUT2D eigenvalue weighted by molar-refractivity contribution is 6.05. The Labute approximate surface area is 153 Å². The minimum Gasteiger partial charge on any atom is -0.493 e. The van der Waals surface area contributed by atoms with Crippen molar-refractivity contribution >= 4 is 17.6 Å². The summed E-state index contributed by atoms with van der Waals surface area (Å²) in [6.07, 6.45) is 0. The van der Waals surface area contributed by atoms with Crippen LogP contribution in [-0.2, 0) is 4.79 Å². The van der Waals surface area contributed by atoms with E-state index in [0.717, 1.165) is 5.75 Å². The van der Waals surface area contributed by atoms with E-state index in [0.29, 0.717) is 29.5 Å². The fourth-order valence-electron chi connectivity index (χ4n) is 2.18. The van der Waals surface area contributed by atoms with Crippen LogP contribution in [0.1, 0.15) is 24.2 Å². The highest BCUT2D eigenvalue weighted by Gasteiger charge is 2.14. The second kappa shape index (κ2) is 8.89. The largest absolute Gasteiger partial charge is 0.493 e. The molecule has 0 fully saturated rings. The summed E-state index contributed by atoms with van der Waals surface area (Å²) in [5.41, 5.74) is 1.23. The van der Waals surface area contributed by atoms with Crippen LogP contribution in [0.25, 0.3) is 0 Å². The van der Waals surface area contributed by atoms with E-state index in [1.807, 2.05) is 0 Å². The van der Waals surface area contributed by atoms with Crippen molar-refractivity contribution in [2.24, 2.45) is 5.92 Å². The number of carboxylic acids is 1. The fourth-order valence-corrected chi connectivity index (χ4v) is 2.18. The molecule has 0 heterocycles. The van der Waals surface area contributed by atoms with Gasteiger partial charge in [-0.2, -0.15) is 0 Å². The zero-order valence-electron chi connectivity index (χ0n) is 15.1. The molecule has 0 unspecified atom stereocenters. The van der Waals surface area contributed by atoms with Gasteiger partial charge in [-0.05, 0) is 54.4 Å². The number of ether oxygens (including phenoxy) is 2. The van der Waals surface area contributed by atoms with Gasteiger partial charge in [0.05, 0.1) is 6.61 Å². The number of aliphatic carboxylic acids is 1. The van der Waals surface area contributed by atoms with Gasteiger partial charge in [0, 0.05) is 18.3 Å². The molecule has 0 spiro atoms. The monoisotopic (exact) mass is 357 g/mol. The van der Waals surface area contributed by atoms with Gasteiger partial charge in [-0.25, -0.2) is 4.79 Å². The number of carbonyl (C=O) groups excluding carboxylic acids is 1. The minimum atomic E-state index is -1.04. The average molecular weight is 357 g/mol. The molecule has 0 saturated carbocycles. The lowest BCUT2D eigenvalue weighted by Crippen LogP contribution is -2.26. The summed E-state index contributed by atoms with van der Waals surface area (Å²) in [5, 5.41) is 8.61. The molecule has 26 heavy (non-hydrogen) atoms. The molecule has 6 heteroatoms. The van der Waals surface area contributed by atoms with Gasteiger partial charge in [0.2, 0.25) is 0 Å². The Morgan fingerprint density at radius 2 is 1.50 bits per heavy atom. The van der Waals surface area contributed by atoms with Gasteiger partial charge in [-0.15, -0.1) is 0 Å². The van der Waals surface area contributed by atoms with Crippen LogP contribution in [0.15, 0.2) is 48.5 Å². The average Bonchev–Trinajstić information content (AvgIpc) is 2.64. The van der Waals surface area contributed by atoms with E-state index in [1.54, 1.807) is 55.6 Å². The lowest BCUT2D eigenvalue weighted by atomic mass is 10.1. The predicted octanol–water partition coefficient (Wildman–Crippen LogP) is 3.46. The van der Waals surface area contributed by atoms with E-state index >= 15 is 0 Å². The highest BCUT2D eigenvalue weighted by Crippen LogP contribution is 2.21. The molecule has 0 aliphatic carbocycles. The van der Waals surface area contributed by atoms with Crippen molar-refractivity contribution in [3.63, 3.8) is 0 Å². The number of nitrogens with zero attached hydrogens (tertiary/aromatic N) is 1. The molecule has 1 amide bonds. The van der Waals surface area contributed by atoms with Crippen LogP contribution in [0.3, 0.4) is 0 Å². The van der Waals surface area contributed by atoms with E-state index in [1.165, 1.54) is 4.90 Å². The van der Waals surface area contributed by atoms with Crippen molar-refractivity contribution in [2.45, 2.75) is 13.8 Å². The van der Waals surface area contributed by atoms with E-state index < -0.39 is 12.6 Å². The number of carboxylic acid groups (broad SMARTS) is 1. The standard InChI is InChI=1S/C20H23NO5/c1-14(2)12-25-17-8-4-15(5-9-17)20(24)21(3)16-6-10-18(11-7-16)26-13-19(22)23/h4-11,14H,12-13H2,1-3H3,(H,22,23). The highest BCUT2D eigenvalue weighted by atomic mass is 16.5. The summed E-state index contributed by atoms with van der Waals surface area (Å²) in [5.74, 6) is 0.410. The quantitative estimate of drug-likeness (QED) is 0.783. The number of rotatable bonds is 8. The van der Waals surface area contributed by atoms with Crippen LogP contribution < -0.4 is 14.4 Å². The Kier molecular flexibility index (Phi) is 6.60. The molecule has 1 N–H and O–H groups in total. The molecule has 0 aliphatic heterocycles. The van der Waals surface area contributed by atoms with Crippen molar-refractivity contribution in [1.29, 1.82) is 0 Å². The zero-order chi connectivity index (χ0) is 19.1. The molecule has 2 rings (SSSR count). The molecule has 0 saturated heterocycles.